The summed E-state index contributed by atoms with van der Waals surface area (Å²) in [5.74, 6) is -0.0348. The van der Waals surface area contributed by atoms with Crippen LogP contribution in [0, 0.1) is 29.6 Å². The summed E-state index contributed by atoms with van der Waals surface area (Å²) in [7, 11) is 0. The van der Waals surface area contributed by atoms with E-state index in [0.29, 0.717) is 24.4 Å². The third-order valence-corrected chi connectivity index (χ3v) is 10.8. The Morgan fingerprint density at radius 3 is 2.61 bits per heavy atom. The average molecular weight is 560 g/mol. The average Bonchev–Trinajstić information content (AvgIpc) is 2.94. The summed E-state index contributed by atoms with van der Waals surface area (Å²) in [5.41, 5.74) is 0.277. The maximum Gasteiger partial charge on any atom is 0.345 e. The van der Waals surface area contributed by atoms with E-state index in [1.807, 2.05) is 25.1 Å². The van der Waals surface area contributed by atoms with Crippen molar-refractivity contribution >= 4 is 0 Å². The Balaban J connectivity index is 1.25. The molecule has 2 aliphatic heterocycles. The number of aliphatic hydroxyl groups excluding tert-OH is 2. The highest BCUT2D eigenvalue weighted by atomic mass is 16.7. The van der Waals surface area contributed by atoms with Gasteiger partial charge in [-0.2, -0.15) is 0 Å². The summed E-state index contributed by atoms with van der Waals surface area (Å²) in [6.45, 7) is 8.75. The minimum atomic E-state index is -1.17. The van der Waals surface area contributed by atoms with Crippen molar-refractivity contribution in [1.29, 1.82) is 0 Å². The largest absolute Gasteiger partial charge is 0.484 e. The Kier molecular flexibility index (Phi) is 6.04. The molecule has 41 heavy (non-hydrogen) atoms. The van der Waals surface area contributed by atoms with Crippen molar-refractivity contribution in [2.75, 3.05) is 6.61 Å². The van der Waals surface area contributed by atoms with E-state index in [-0.39, 0.29) is 23.3 Å². The van der Waals surface area contributed by atoms with Gasteiger partial charge in [0, 0.05) is 40.9 Å². The van der Waals surface area contributed by atoms with Crippen LogP contribution in [0.3, 0.4) is 0 Å². The van der Waals surface area contributed by atoms with E-state index in [1.54, 1.807) is 30.6 Å². The molecule has 1 aromatic carbocycles. The van der Waals surface area contributed by atoms with Crippen LogP contribution in [0.2, 0.25) is 0 Å². The van der Waals surface area contributed by atoms with Crippen molar-refractivity contribution in [3.63, 3.8) is 0 Å². The van der Waals surface area contributed by atoms with E-state index in [2.05, 4.69) is 31.8 Å². The number of rotatable bonds is 2. The van der Waals surface area contributed by atoms with Gasteiger partial charge >= 0.3 is 5.63 Å². The lowest BCUT2D eigenvalue weighted by Crippen LogP contribution is -2.71. The third-order valence-electron chi connectivity index (χ3n) is 10.8. The molecule has 0 spiro atoms. The van der Waals surface area contributed by atoms with Gasteiger partial charge in [0.2, 0.25) is 0 Å². The van der Waals surface area contributed by atoms with E-state index in [0.717, 1.165) is 24.0 Å². The fraction of sp³-hybridized carbons (Fsp3) is 0.515. The predicted molar refractivity (Wildman–Crippen MR) is 150 cm³/mol. The zero-order valence-corrected chi connectivity index (χ0v) is 23.9. The first-order valence-electron chi connectivity index (χ1n) is 14.5. The molecule has 2 aliphatic carbocycles. The zero-order chi connectivity index (χ0) is 28.7. The van der Waals surface area contributed by atoms with Gasteiger partial charge in [-0.25, -0.2) is 4.79 Å². The van der Waals surface area contributed by atoms with E-state index in [1.165, 1.54) is 0 Å². The van der Waals surface area contributed by atoms with Gasteiger partial charge < -0.3 is 28.8 Å². The van der Waals surface area contributed by atoms with Crippen LogP contribution in [-0.2, 0) is 9.47 Å². The number of ether oxygens (including phenoxy) is 3. The number of nitrogens with zero attached hydrogens (tertiary/aromatic N) is 1. The van der Waals surface area contributed by atoms with Gasteiger partial charge in [0.05, 0.1) is 24.9 Å². The molecule has 1 saturated heterocycles. The van der Waals surface area contributed by atoms with E-state index >= 15 is 0 Å². The van der Waals surface area contributed by atoms with Crippen LogP contribution < -0.4 is 10.4 Å². The van der Waals surface area contributed by atoms with Crippen LogP contribution in [0.15, 0.2) is 64.1 Å². The lowest BCUT2D eigenvalue weighted by atomic mass is 9.42. The number of pyridine rings is 1. The van der Waals surface area contributed by atoms with Crippen LogP contribution in [0.1, 0.15) is 69.1 Å². The van der Waals surface area contributed by atoms with Crippen LogP contribution >= 0.6 is 0 Å². The van der Waals surface area contributed by atoms with E-state index in [9.17, 15) is 15.0 Å². The van der Waals surface area contributed by atoms with Crippen LogP contribution in [-0.4, -0.2) is 39.6 Å². The highest BCUT2D eigenvalue weighted by molar-refractivity contribution is 5.59. The minimum absolute atomic E-state index is 0.0406. The number of aliphatic hydroxyl groups is 2. The molecule has 4 heterocycles. The number of hydrogen-bond donors (Lipinski definition) is 2. The van der Waals surface area contributed by atoms with Crippen molar-refractivity contribution in [1.82, 2.24) is 4.98 Å². The maximum atomic E-state index is 13.4. The molecule has 0 bridgehead atoms. The molecule has 7 rings (SSSR count). The number of hydrogen-bond acceptors (Lipinski definition) is 8. The second kappa shape index (κ2) is 9.23. The monoisotopic (exact) mass is 559 g/mol. The fourth-order valence-electron chi connectivity index (χ4n) is 8.72. The summed E-state index contributed by atoms with van der Waals surface area (Å²) in [6.07, 6.45) is 2.67. The summed E-state index contributed by atoms with van der Waals surface area (Å²) in [5, 5.41) is 23.7. The Morgan fingerprint density at radius 2 is 1.85 bits per heavy atom. The first kappa shape index (κ1) is 26.8. The first-order valence-corrected chi connectivity index (χ1v) is 14.5. The van der Waals surface area contributed by atoms with Crippen molar-refractivity contribution in [3.05, 3.63) is 82.0 Å². The topological polar surface area (TPSA) is 111 Å². The first-order chi connectivity index (χ1) is 19.6. The molecule has 4 aliphatic rings. The molecule has 8 heteroatoms. The Bertz CT molecular complexity index is 1540. The molecule has 0 radical (unpaired) electrons. The molecular weight excluding hydrogens is 522 g/mol. The molecule has 8 nitrogen and oxygen atoms in total. The maximum absolute atomic E-state index is 13.4. The summed E-state index contributed by atoms with van der Waals surface area (Å²) >= 11 is 0. The SMILES string of the molecule is Cc1ccccc1[C@@H]1OC[C@@]2(C)[C@@H]3C[C@H](O)[C@@]4(C)Oc5cc(-c6cccnc6)oc(=O)c5[C@H](O)[C@@H]4[C@@]3(C)CC[C@@H]2O1. The summed E-state index contributed by atoms with van der Waals surface area (Å²) in [4.78, 5) is 17.5. The lowest BCUT2D eigenvalue weighted by Gasteiger charge is -2.67. The smallest absolute Gasteiger partial charge is 0.345 e. The predicted octanol–water partition coefficient (Wildman–Crippen LogP) is 5.11. The lowest BCUT2D eigenvalue weighted by molar-refractivity contribution is -0.330. The van der Waals surface area contributed by atoms with Crippen molar-refractivity contribution in [2.45, 2.75) is 77.2 Å². The molecular formula is C33H37NO7. The molecule has 0 amide bonds. The van der Waals surface area contributed by atoms with Gasteiger partial charge in [-0.05, 0) is 62.1 Å². The molecule has 2 saturated carbocycles. The molecule has 2 N–H and O–H groups in total. The van der Waals surface area contributed by atoms with Gasteiger partial charge in [0.25, 0.3) is 0 Å². The number of aryl methyl sites for hydroxylation is 1. The normalized spacial score (nSPS) is 39.5. The van der Waals surface area contributed by atoms with E-state index < -0.39 is 46.5 Å². The third kappa shape index (κ3) is 3.80. The van der Waals surface area contributed by atoms with Crippen molar-refractivity contribution in [2.24, 2.45) is 22.7 Å². The van der Waals surface area contributed by atoms with Crippen molar-refractivity contribution in [3.8, 4) is 17.1 Å². The Hall–Kier alpha value is -3.04. The van der Waals surface area contributed by atoms with Gasteiger partial charge in [-0.1, -0.05) is 38.1 Å². The molecule has 2 aromatic heterocycles. The van der Waals surface area contributed by atoms with Gasteiger partial charge in [-0.3, -0.25) is 4.98 Å². The van der Waals surface area contributed by atoms with Crippen molar-refractivity contribution < 1.29 is 28.8 Å². The van der Waals surface area contributed by atoms with Crippen LogP contribution in [0.5, 0.6) is 5.75 Å². The molecule has 3 aromatic rings. The van der Waals surface area contributed by atoms with Gasteiger partial charge in [0.1, 0.15) is 22.7 Å². The summed E-state index contributed by atoms with van der Waals surface area (Å²) < 4.78 is 25.3. The second-order valence-electron chi connectivity index (χ2n) is 13.1. The summed E-state index contributed by atoms with van der Waals surface area (Å²) in [6, 6.07) is 13.3. The zero-order valence-electron chi connectivity index (χ0n) is 23.9. The van der Waals surface area contributed by atoms with Gasteiger partial charge in [0.15, 0.2) is 6.29 Å². The molecule has 3 fully saturated rings. The number of aromatic nitrogens is 1. The van der Waals surface area contributed by atoms with E-state index in [4.69, 9.17) is 18.6 Å². The van der Waals surface area contributed by atoms with Gasteiger partial charge in [-0.15, -0.1) is 0 Å². The highest BCUT2D eigenvalue weighted by Crippen LogP contribution is 2.68. The standard InChI is InChI=1S/C33H37NO7/c1-18-8-5-6-10-20(18)30-38-17-32(3)23-15-24(35)33(4)28(31(23,2)12-11-25(32)40-30)27(36)26-22(41-33)14-21(39-29(26)37)19-9-7-13-34-16-19/h5-10,13-14,16,23-25,27-28,30,35-36H,11-12,15,17H2,1-4H3/t23-,24+,25+,27+,28-,30-,31+,32+,33-/m1/s1. The minimum Gasteiger partial charge on any atom is -0.484 e. The number of benzene rings is 1. The highest BCUT2D eigenvalue weighted by Gasteiger charge is 2.70. The molecule has 9 atom stereocenters. The number of fused-ring (bicyclic) bond motifs is 6. The fourth-order valence-corrected chi connectivity index (χ4v) is 8.72. The quantitative estimate of drug-likeness (QED) is 0.446. The van der Waals surface area contributed by atoms with Crippen LogP contribution in [0.25, 0.3) is 11.3 Å². The molecule has 216 valence electrons. The second-order valence-corrected chi connectivity index (χ2v) is 13.1. The molecule has 0 unspecified atom stereocenters. The Labute approximate surface area is 239 Å². The Morgan fingerprint density at radius 1 is 1.05 bits per heavy atom. The van der Waals surface area contributed by atoms with Crippen LogP contribution in [0.4, 0.5) is 0 Å².